The van der Waals surface area contributed by atoms with E-state index in [2.05, 4.69) is 31.3 Å². The summed E-state index contributed by atoms with van der Waals surface area (Å²) in [7, 11) is 1.64. The maximum absolute atomic E-state index is 12.6. The number of carbonyl (C=O) groups is 1. The third-order valence-corrected chi connectivity index (χ3v) is 6.14. The van der Waals surface area contributed by atoms with E-state index < -0.39 is 0 Å². The highest BCUT2D eigenvalue weighted by Gasteiger charge is 2.20. The second kappa shape index (κ2) is 10.6. The molecule has 0 radical (unpaired) electrons. The van der Waals surface area contributed by atoms with Crippen molar-refractivity contribution in [2.45, 2.75) is 47.1 Å². The molecule has 2 aromatic carbocycles. The fourth-order valence-electron chi connectivity index (χ4n) is 4.22. The molecule has 2 heterocycles. The summed E-state index contributed by atoms with van der Waals surface area (Å²) in [4.78, 5) is 17.5. The van der Waals surface area contributed by atoms with Crippen molar-refractivity contribution >= 4 is 16.9 Å². The van der Waals surface area contributed by atoms with Crippen LogP contribution in [-0.4, -0.2) is 34.4 Å². The first-order valence-corrected chi connectivity index (χ1v) is 11.9. The molecule has 0 spiro atoms. The first kappa shape index (κ1) is 24.3. The molecule has 182 valence electrons. The highest BCUT2D eigenvalue weighted by Crippen LogP contribution is 2.32. The van der Waals surface area contributed by atoms with Gasteiger partial charge in [0.05, 0.1) is 25.1 Å². The summed E-state index contributed by atoms with van der Waals surface area (Å²) in [6.07, 6.45) is 0.878. The van der Waals surface area contributed by atoms with Gasteiger partial charge in [-0.1, -0.05) is 29.8 Å². The molecule has 0 atom stereocenters. The number of hydrogen-bond acceptors (Lipinski definition) is 5. The molecule has 7 nitrogen and oxygen atoms in total. The third kappa shape index (κ3) is 5.29. The molecule has 0 fully saturated rings. The predicted molar refractivity (Wildman–Crippen MR) is 137 cm³/mol. The van der Waals surface area contributed by atoms with Crippen molar-refractivity contribution < 1.29 is 14.3 Å². The Labute approximate surface area is 206 Å². The molecule has 0 saturated heterocycles. The number of aromatic nitrogens is 3. The Balaban J connectivity index is 1.56. The number of benzene rings is 2. The number of aryl methyl sites for hydroxylation is 3. The van der Waals surface area contributed by atoms with Gasteiger partial charge in [0.2, 0.25) is 11.8 Å². The smallest absolute Gasteiger partial charge is 0.220 e. The van der Waals surface area contributed by atoms with Crippen molar-refractivity contribution in [2.24, 2.45) is 0 Å². The normalized spacial score (nSPS) is 11.0. The summed E-state index contributed by atoms with van der Waals surface area (Å²) in [6.45, 7) is 9.02. The predicted octanol–water partition coefficient (Wildman–Crippen LogP) is 5.00. The summed E-state index contributed by atoms with van der Waals surface area (Å²) >= 11 is 0. The molecule has 0 saturated carbocycles. The number of nitrogens with zero attached hydrogens (tertiary/aromatic N) is 3. The van der Waals surface area contributed by atoms with E-state index in [1.54, 1.807) is 7.11 Å². The van der Waals surface area contributed by atoms with Crippen LogP contribution in [0.5, 0.6) is 11.6 Å². The third-order valence-electron chi connectivity index (χ3n) is 6.14. The number of fused-ring (bicyclic) bond motifs is 1. The Hall–Kier alpha value is -3.87. The van der Waals surface area contributed by atoms with Gasteiger partial charge in [-0.2, -0.15) is 10.1 Å². The number of hydrogen-bond donors (Lipinski definition) is 1. The van der Waals surface area contributed by atoms with Gasteiger partial charge in [-0.3, -0.25) is 4.79 Å². The van der Waals surface area contributed by atoms with E-state index in [0.717, 1.165) is 44.9 Å². The SMILES string of the molecule is CCOc1nc2c(c(C)nn2-c2ccc(C)cc2)c(C)c1CCC(=O)NCc1ccc(OC)cc1. The van der Waals surface area contributed by atoms with Crippen molar-refractivity contribution in [1.82, 2.24) is 20.1 Å². The number of nitrogens with one attached hydrogen (secondary N) is 1. The number of amides is 1. The maximum Gasteiger partial charge on any atom is 0.220 e. The Bertz CT molecular complexity index is 1330. The van der Waals surface area contributed by atoms with E-state index in [0.29, 0.717) is 31.9 Å². The van der Waals surface area contributed by atoms with Gasteiger partial charge in [0.1, 0.15) is 5.75 Å². The zero-order valence-corrected chi connectivity index (χ0v) is 21.0. The molecule has 4 rings (SSSR count). The Morgan fingerprint density at radius 1 is 1.03 bits per heavy atom. The number of pyridine rings is 1. The van der Waals surface area contributed by atoms with Crippen LogP contribution in [0, 0.1) is 20.8 Å². The number of carbonyl (C=O) groups excluding carboxylic acids is 1. The van der Waals surface area contributed by atoms with Crippen LogP contribution >= 0.6 is 0 Å². The average molecular weight is 473 g/mol. The van der Waals surface area contributed by atoms with Crippen LogP contribution in [0.4, 0.5) is 0 Å². The van der Waals surface area contributed by atoms with Gasteiger partial charge in [0, 0.05) is 23.9 Å². The minimum Gasteiger partial charge on any atom is -0.497 e. The van der Waals surface area contributed by atoms with Gasteiger partial charge in [-0.25, -0.2) is 4.68 Å². The molecule has 0 aliphatic carbocycles. The molecule has 2 aromatic heterocycles. The number of ether oxygens (including phenoxy) is 2. The minimum absolute atomic E-state index is 0.0187. The van der Waals surface area contributed by atoms with Crippen molar-refractivity contribution in [2.75, 3.05) is 13.7 Å². The second-order valence-corrected chi connectivity index (χ2v) is 8.61. The molecule has 0 aliphatic rings. The average Bonchev–Trinajstić information content (AvgIpc) is 3.19. The Kier molecular flexibility index (Phi) is 7.34. The van der Waals surface area contributed by atoms with Crippen molar-refractivity contribution in [3.8, 4) is 17.3 Å². The van der Waals surface area contributed by atoms with Gasteiger partial charge in [-0.15, -0.1) is 0 Å². The van der Waals surface area contributed by atoms with Gasteiger partial charge in [0.15, 0.2) is 5.65 Å². The summed E-state index contributed by atoms with van der Waals surface area (Å²) in [5.74, 6) is 1.34. The summed E-state index contributed by atoms with van der Waals surface area (Å²) in [6, 6.07) is 15.9. The van der Waals surface area contributed by atoms with Gasteiger partial charge < -0.3 is 14.8 Å². The summed E-state index contributed by atoms with van der Waals surface area (Å²) < 4.78 is 13.0. The lowest BCUT2D eigenvalue weighted by molar-refractivity contribution is -0.121. The fraction of sp³-hybridized carbons (Fsp3) is 0.321. The molecule has 7 heteroatoms. The van der Waals surface area contributed by atoms with E-state index in [1.807, 2.05) is 54.9 Å². The lowest BCUT2D eigenvalue weighted by Crippen LogP contribution is -2.23. The first-order chi connectivity index (χ1) is 16.9. The van der Waals surface area contributed by atoms with Crippen LogP contribution in [-0.2, 0) is 17.8 Å². The van der Waals surface area contributed by atoms with Crippen LogP contribution < -0.4 is 14.8 Å². The molecule has 0 bridgehead atoms. The quantitative estimate of drug-likeness (QED) is 0.371. The molecule has 4 aromatic rings. The Morgan fingerprint density at radius 2 is 1.74 bits per heavy atom. The van der Waals surface area contributed by atoms with Crippen LogP contribution in [0.1, 0.15) is 41.3 Å². The van der Waals surface area contributed by atoms with Crippen LogP contribution in [0.25, 0.3) is 16.7 Å². The van der Waals surface area contributed by atoms with E-state index >= 15 is 0 Å². The number of methoxy groups -OCH3 is 1. The minimum atomic E-state index is -0.0187. The standard InChI is InChI=1S/C28H32N4O3/c1-6-35-28-24(15-16-25(33)29-17-21-9-13-23(34-5)14-10-21)19(3)26-20(4)31-32(27(26)30-28)22-11-7-18(2)8-12-22/h7-14H,6,15-17H2,1-5H3,(H,29,33). The highest BCUT2D eigenvalue weighted by atomic mass is 16.5. The summed E-state index contributed by atoms with van der Waals surface area (Å²) in [5.41, 5.74) is 6.83. The van der Waals surface area contributed by atoms with Crippen LogP contribution in [0.3, 0.4) is 0 Å². The molecular formula is C28H32N4O3. The van der Waals surface area contributed by atoms with E-state index in [1.165, 1.54) is 5.56 Å². The maximum atomic E-state index is 12.6. The molecule has 1 amide bonds. The molecule has 0 aliphatic heterocycles. The number of rotatable bonds is 9. The fourth-order valence-corrected chi connectivity index (χ4v) is 4.22. The lowest BCUT2D eigenvalue weighted by atomic mass is 10.0. The lowest BCUT2D eigenvalue weighted by Gasteiger charge is -2.14. The van der Waals surface area contributed by atoms with Crippen molar-refractivity contribution in [3.63, 3.8) is 0 Å². The van der Waals surface area contributed by atoms with E-state index in [-0.39, 0.29) is 5.91 Å². The van der Waals surface area contributed by atoms with Gasteiger partial charge in [0.25, 0.3) is 0 Å². The zero-order chi connectivity index (χ0) is 24.9. The first-order valence-electron chi connectivity index (χ1n) is 11.9. The van der Waals surface area contributed by atoms with Crippen LogP contribution in [0.2, 0.25) is 0 Å². The van der Waals surface area contributed by atoms with Crippen molar-refractivity contribution in [1.29, 1.82) is 0 Å². The largest absolute Gasteiger partial charge is 0.497 e. The van der Waals surface area contributed by atoms with Crippen molar-refractivity contribution in [3.05, 3.63) is 76.5 Å². The van der Waals surface area contributed by atoms with E-state index in [4.69, 9.17) is 19.6 Å². The monoisotopic (exact) mass is 472 g/mol. The molecule has 1 N–H and O–H groups in total. The highest BCUT2D eigenvalue weighted by molar-refractivity contribution is 5.86. The molecule has 35 heavy (non-hydrogen) atoms. The van der Waals surface area contributed by atoms with Gasteiger partial charge in [-0.05, 0) is 69.5 Å². The Morgan fingerprint density at radius 3 is 2.40 bits per heavy atom. The van der Waals surface area contributed by atoms with E-state index in [9.17, 15) is 4.79 Å². The second-order valence-electron chi connectivity index (χ2n) is 8.61. The molecular weight excluding hydrogens is 440 g/mol. The summed E-state index contributed by atoms with van der Waals surface area (Å²) in [5, 5.41) is 8.78. The zero-order valence-electron chi connectivity index (χ0n) is 21.0. The topological polar surface area (TPSA) is 78.3 Å². The molecule has 0 unspecified atom stereocenters. The van der Waals surface area contributed by atoms with Gasteiger partial charge >= 0.3 is 0 Å². The van der Waals surface area contributed by atoms with Crippen LogP contribution in [0.15, 0.2) is 48.5 Å².